The van der Waals surface area contributed by atoms with Gasteiger partial charge in [0.25, 0.3) is 7.82 Å². The number of likely N-dealkylation sites (N-methyl/N-ethyl adjacent to an activating group) is 1. The fraction of sp³-hybridized carbons (Fsp3) is 0.869. The summed E-state index contributed by atoms with van der Waals surface area (Å²) < 4.78 is 30.3. The number of nitrogens with zero attached hydrogens (tertiary/aromatic N) is 1. The highest BCUT2D eigenvalue weighted by Gasteiger charge is 2.27. The molecule has 9 nitrogen and oxygen atoms in total. The Bertz CT molecular complexity index is 1310. The Hall–Kier alpha value is -1.77. The molecule has 0 aliphatic heterocycles. The lowest BCUT2D eigenvalue weighted by Crippen LogP contribution is -2.47. The lowest BCUT2D eigenvalue weighted by molar-refractivity contribution is -0.870. The highest BCUT2D eigenvalue weighted by Crippen LogP contribution is 2.38. The van der Waals surface area contributed by atoms with Crippen LogP contribution in [0.15, 0.2) is 36.5 Å². The van der Waals surface area contributed by atoms with Crippen molar-refractivity contribution in [1.82, 2.24) is 5.32 Å². The summed E-state index contributed by atoms with van der Waals surface area (Å²) in [6.07, 6.45) is 61.1. The second-order valence-corrected chi connectivity index (χ2v) is 23.3. The van der Waals surface area contributed by atoms with Crippen LogP contribution in [-0.4, -0.2) is 69.4 Å². The number of carbonyl (C=O) groups excluding carboxylic acids is 2. The second kappa shape index (κ2) is 51.7. The topological polar surface area (TPSA) is 114 Å². The predicted molar refractivity (Wildman–Crippen MR) is 303 cm³/mol. The van der Waals surface area contributed by atoms with E-state index in [1.54, 1.807) is 0 Å². The standard InChI is InChI=1S/C61H117N2O7P/c1-7-10-13-16-19-22-25-28-30-31-32-33-34-35-38-41-44-47-50-53-60(64)62-58(57-69-71(66,67)68-56-55-63(4,5)6)59(52-49-46-43-40-37-27-24-21-18-15-12-9-3)70-61(65)54-51-48-45-42-39-36-29-26-23-20-17-14-11-8-2/h28,30,36,39,49,52,58-59H,7-27,29,31-35,37-38,40-48,50-51,53-57H2,1-6H3,(H-,62,64,66,67)/b30-28+,39-36-,52-49-. The minimum Gasteiger partial charge on any atom is -0.756 e. The summed E-state index contributed by atoms with van der Waals surface area (Å²) >= 11 is 0. The van der Waals surface area contributed by atoms with E-state index in [-0.39, 0.29) is 24.9 Å². The SMILES string of the molecule is CCCCCCCC/C=C/CCCCCCCCCCCC(=O)NC(COP(=O)([O-])OCC[N+](C)(C)C)C(/C=C\CCCCCCCCCCCC)OC(=O)CCCCC/C=C\CCCCCCCCC. The predicted octanol–water partition coefficient (Wildman–Crippen LogP) is 17.7. The van der Waals surface area contributed by atoms with Gasteiger partial charge in [-0.25, -0.2) is 0 Å². The Morgan fingerprint density at radius 1 is 0.479 bits per heavy atom. The minimum absolute atomic E-state index is 0.0234. The van der Waals surface area contributed by atoms with Crippen LogP contribution in [0.3, 0.4) is 0 Å². The third-order valence-corrected chi connectivity index (χ3v) is 14.5. The van der Waals surface area contributed by atoms with E-state index in [1.165, 1.54) is 186 Å². The molecule has 0 bridgehead atoms. The maximum Gasteiger partial charge on any atom is 0.306 e. The van der Waals surface area contributed by atoms with E-state index in [0.29, 0.717) is 23.9 Å². The van der Waals surface area contributed by atoms with Crippen molar-refractivity contribution in [3.63, 3.8) is 0 Å². The van der Waals surface area contributed by atoms with E-state index >= 15 is 0 Å². The molecule has 0 heterocycles. The first-order valence-electron chi connectivity index (χ1n) is 30.3. The van der Waals surface area contributed by atoms with E-state index < -0.39 is 26.6 Å². The molecule has 1 amide bonds. The van der Waals surface area contributed by atoms with Crippen molar-refractivity contribution in [3.05, 3.63) is 36.5 Å². The summed E-state index contributed by atoms with van der Waals surface area (Å²) in [5.74, 6) is -0.553. The van der Waals surface area contributed by atoms with Crippen molar-refractivity contribution in [2.75, 3.05) is 40.9 Å². The molecule has 10 heteroatoms. The molecule has 0 rings (SSSR count). The molecular formula is C61H117N2O7P. The van der Waals surface area contributed by atoms with Gasteiger partial charge in [-0.3, -0.25) is 14.2 Å². The van der Waals surface area contributed by atoms with Gasteiger partial charge in [0.1, 0.15) is 19.3 Å². The van der Waals surface area contributed by atoms with Crippen LogP contribution in [0, 0.1) is 0 Å². The number of phosphoric ester groups is 1. The molecule has 1 N–H and O–H groups in total. The Balaban J connectivity index is 5.27. The number of rotatable bonds is 55. The van der Waals surface area contributed by atoms with Crippen LogP contribution < -0.4 is 10.2 Å². The van der Waals surface area contributed by atoms with Gasteiger partial charge in [-0.15, -0.1) is 0 Å². The van der Waals surface area contributed by atoms with Crippen LogP contribution >= 0.6 is 7.82 Å². The number of hydrogen-bond donors (Lipinski definition) is 1. The highest BCUT2D eigenvalue weighted by atomic mass is 31.2. The summed E-state index contributed by atoms with van der Waals surface area (Å²) in [4.78, 5) is 39.9. The van der Waals surface area contributed by atoms with Gasteiger partial charge in [0.2, 0.25) is 5.91 Å². The van der Waals surface area contributed by atoms with E-state index in [9.17, 15) is 19.0 Å². The first kappa shape index (κ1) is 69.2. The molecule has 0 aliphatic rings. The summed E-state index contributed by atoms with van der Waals surface area (Å²) in [7, 11) is 1.18. The molecule has 71 heavy (non-hydrogen) atoms. The molecule has 0 aromatic heterocycles. The summed E-state index contributed by atoms with van der Waals surface area (Å²) in [6.45, 7) is 6.84. The lowest BCUT2D eigenvalue weighted by Gasteiger charge is -2.30. The number of carbonyl (C=O) groups is 2. The van der Waals surface area contributed by atoms with E-state index in [2.05, 4.69) is 50.4 Å². The molecule has 3 unspecified atom stereocenters. The Kier molecular flexibility index (Phi) is 50.4. The van der Waals surface area contributed by atoms with E-state index in [0.717, 1.165) is 64.2 Å². The number of unbranched alkanes of at least 4 members (excludes halogenated alkanes) is 35. The quantitative estimate of drug-likeness (QED) is 0.0212. The molecule has 0 saturated carbocycles. The van der Waals surface area contributed by atoms with Crippen LogP contribution in [0.1, 0.15) is 290 Å². The summed E-state index contributed by atoms with van der Waals surface area (Å²) in [5, 5.41) is 3.02. The van der Waals surface area contributed by atoms with Crippen molar-refractivity contribution in [1.29, 1.82) is 0 Å². The van der Waals surface area contributed by atoms with Gasteiger partial charge in [0, 0.05) is 12.8 Å². The van der Waals surface area contributed by atoms with Crippen molar-refractivity contribution in [3.8, 4) is 0 Å². The first-order valence-corrected chi connectivity index (χ1v) is 31.8. The number of allylic oxidation sites excluding steroid dienone is 5. The molecule has 0 fully saturated rings. The number of esters is 1. The number of phosphoric acid groups is 1. The average Bonchev–Trinajstić information content (AvgIpc) is 3.33. The number of hydrogen-bond acceptors (Lipinski definition) is 7. The molecule has 0 aromatic carbocycles. The second-order valence-electron chi connectivity index (χ2n) is 21.8. The maximum atomic E-state index is 13.5. The molecule has 418 valence electrons. The Morgan fingerprint density at radius 3 is 1.21 bits per heavy atom. The van der Waals surface area contributed by atoms with Crippen LogP contribution in [-0.2, 0) is 27.9 Å². The monoisotopic (exact) mass is 1020 g/mol. The van der Waals surface area contributed by atoms with Crippen LogP contribution in [0.5, 0.6) is 0 Å². The van der Waals surface area contributed by atoms with E-state index in [1.807, 2.05) is 33.3 Å². The van der Waals surface area contributed by atoms with Gasteiger partial charge >= 0.3 is 5.97 Å². The molecule has 0 saturated heterocycles. The van der Waals surface area contributed by atoms with Gasteiger partial charge < -0.3 is 28.5 Å². The third-order valence-electron chi connectivity index (χ3n) is 13.5. The molecule has 0 radical (unpaired) electrons. The zero-order valence-corrected chi connectivity index (χ0v) is 48.6. The molecule has 0 aromatic rings. The number of nitrogens with one attached hydrogen (secondary N) is 1. The molecule has 0 aliphatic carbocycles. The fourth-order valence-corrected chi connectivity index (χ4v) is 9.53. The zero-order chi connectivity index (χ0) is 52.2. The van der Waals surface area contributed by atoms with Crippen LogP contribution in [0.4, 0.5) is 0 Å². The average molecular weight is 1020 g/mol. The first-order chi connectivity index (χ1) is 34.4. The van der Waals surface area contributed by atoms with Crippen molar-refractivity contribution in [2.24, 2.45) is 0 Å². The largest absolute Gasteiger partial charge is 0.756 e. The summed E-state index contributed by atoms with van der Waals surface area (Å²) in [5.41, 5.74) is 0. The van der Waals surface area contributed by atoms with Gasteiger partial charge in [-0.05, 0) is 83.1 Å². The number of amides is 1. The smallest absolute Gasteiger partial charge is 0.306 e. The normalized spacial score (nSPS) is 14.0. The fourth-order valence-electron chi connectivity index (χ4n) is 8.81. The highest BCUT2D eigenvalue weighted by molar-refractivity contribution is 7.45. The Morgan fingerprint density at radius 2 is 0.817 bits per heavy atom. The zero-order valence-electron chi connectivity index (χ0n) is 47.7. The van der Waals surface area contributed by atoms with E-state index in [4.69, 9.17) is 13.8 Å². The minimum atomic E-state index is -4.70. The van der Waals surface area contributed by atoms with Crippen LogP contribution in [0.25, 0.3) is 0 Å². The van der Waals surface area contributed by atoms with Gasteiger partial charge in [0.05, 0.1) is 33.8 Å². The Labute approximate surface area is 440 Å². The van der Waals surface area contributed by atoms with Gasteiger partial charge in [-0.1, -0.05) is 231 Å². The van der Waals surface area contributed by atoms with Crippen LogP contribution in [0.2, 0.25) is 0 Å². The van der Waals surface area contributed by atoms with Crippen molar-refractivity contribution in [2.45, 2.75) is 303 Å². The summed E-state index contributed by atoms with van der Waals surface area (Å²) in [6, 6.07) is -0.892. The molecular weight excluding hydrogens is 904 g/mol. The third kappa shape index (κ3) is 52.9. The van der Waals surface area contributed by atoms with Crippen molar-refractivity contribution >= 4 is 19.7 Å². The molecule has 3 atom stereocenters. The maximum absolute atomic E-state index is 13.5. The number of quaternary nitrogens is 1. The van der Waals surface area contributed by atoms with Gasteiger partial charge in [0.15, 0.2) is 0 Å². The van der Waals surface area contributed by atoms with Gasteiger partial charge in [-0.2, -0.15) is 0 Å². The lowest BCUT2D eigenvalue weighted by atomic mass is 10.0. The van der Waals surface area contributed by atoms with Crippen molar-refractivity contribution < 1.29 is 37.3 Å². The molecule has 0 spiro atoms. The number of ether oxygens (including phenoxy) is 1.